The summed E-state index contributed by atoms with van der Waals surface area (Å²) < 4.78 is 2.30. The van der Waals surface area contributed by atoms with Crippen LogP contribution in [0.1, 0.15) is 0 Å². The molecule has 0 bridgehead atoms. The highest BCUT2D eigenvalue weighted by atomic mass is 15.1. The molecule has 0 unspecified atom stereocenters. The van der Waals surface area contributed by atoms with Crippen molar-refractivity contribution in [1.29, 1.82) is 0 Å². The van der Waals surface area contributed by atoms with E-state index >= 15 is 0 Å². The SMILES string of the molecule is c1ccc(-c2cccc(N(c3ccc(-c4ccc5ccccc5c4)cc3)c3ccc(-c4nc5ccc6ccccc6c5n4-c4ccccc4)cc3)c2)cc1. The van der Waals surface area contributed by atoms with Gasteiger partial charge in [0.1, 0.15) is 5.82 Å². The highest BCUT2D eigenvalue weighted by Crippen LogP contribution is 2.40. The zero-order valence-corrected chi connectivity index (χ0v) is 29.5. The van der Waals surface area contributed by atoms with Gasteiger partial charge in [0.05, 0.1) is 11.0 Å². The van der Waals surface area contributed by atoms with Crippen LogP contribution in [0.3, 0.4) is 0 Å². The number of benzene rings is 9. The first-order valence-electron chi connectivity index (χ1n) is 18.4. The van der Waals surface area contributed by atoms with Gasteiger partial charge in [-0.05, 0) is 111 Å². The van der Waals surface area contributed by atoms with Crippen LogP contribution in [0.25, 0.3) is 71.9 Å². The molecule has 3 nitrogen and oxygen atoms in total. The van der Waals surface area contributed by atoms with E-state index in [-0.39, 0.29) is 0 Å². The second-order valence-electron chi connectivity index (χ2n) is 13.7. The third-order valence-corrected chi connectivity index (χ3v) is 10.4. The minimum Gasteiger partial charge on any atom is -0.310 e. The molecule has 0 spiro atoms. The maximum absolute atomic E-state index is 5.25. The maximum atomic E-state index is 5.25. The number of hydrogen-bond donors (Lipinski definition) is 0. The number of fused-ring (bicyclic) bond motifs is 4. The van der Waals surface area contributed by atoms with Crippen LogP contribution in [0.4, 0.5) is 17.1 Å². The van der Waals surface area contributed by atoms with E-state index in [0.717, 1.165) is 45.2 Å². The summed E-state index contributed by atoms with van der Waals surface area (Å²) in [6.07, 6.45) is 0. The fourth-order valence-corrected chi connectivity index (χ4v) is 7.69. The summed E-state index contributed by atoms with van der Waals surface area (Å²) in [5.74, 6) is 0.913. The van der Waals surface area contributed by atoms with E-state index in [4.69, 9.17) is 4.98 Å². The molecular weight excluding hydrogens is 655 g/mol. The Morgan fingerprint density at radius 1 is 0.352 bits per heavy atom. The van der Waals surface area contributed by atoms with Crippen molar-refractivity contribution in [1.82, 2.24) is 9.55 Å². The van der Waals surface area contributed by atoms with Gasteiger partial charge in [0.25, 0.3) is 0 Å². The van der Waals surface area contributed by atoms with Crippen molar-refractivity contribution in [3.63, 3.8) is 0 Å². The third kappa shape index (κ3) is 5.69. The highest BCUT2D eigenvalue weighted by molar-refractivity contribution is 6.06. The lowest BCUT2D eigenvalue weighted by Crippen LogP contribution is -2.10. The van der Waals surface area contributed by atoms with E-state index in [1.807, 2.05) is 0 Å². The third-order valence-electron chi connectivity index (χ3n) is 10.4. The molecule has 0 fully saturated rings. The largest absolute Gasteiger partial charge is 0.310 e. The number of hydrogen-bond acceptors (Lipinski definition) is 2. The van der Waals surface area contributed by atoms with Gasteiger partial charge < -0.3 is 4.90 Å². The first-order chi connectivity index (χ1) is 26.8. The summed E-state index contributed by atoms with van der Waals surface area (Å²) >= 11 is 0. The van der Waals surface area contributed by atoms with Crippen molar-refractivity contribution >= 4 is 49.6 Å². The Bertz CT molecular complexity index is 2910. The Morgan fingerprint density at radius 2 is 0.907 bits per heavy atom. The van der Waals surface area contributed by atoms with E-state index in [1.54, 1.807) is 0 Å². The van der Waals surface area contributed by atoms with Gasteiger partial charge in [-0.3, -0.25) is 4.57 Å². The van der Waals surface area contributed by atoms with E-state index in [1.165, 1.54) is 43.8 Å². The smallest absolute Gasteiger partial charge is 0.145 e. The molecular formula is C51H35N3. The predicted octanol–water partition coefficient (Wildman–Crippen LogP) is 13.8. The molecule has 3 heteroatoms. The van der Waals surface area contributed by atoms with Gasteiger partial charge in [-0.2, -0.15) is 0 Å². The van der Waals surface area contributed by atoms with E-state index in [2.05, 4.69) is 222 Å². The summed E-state index contributed by atoms with van der Waals surface area (Å²) in [6, 6.07) is 75.8. The summed E-state index contributed by atoms with van der Waals surface area (Å²) in [5, 5.41) is 4.88. The van der Waals surface area contributed by atoms with Crippen LogP contribution in [0.5, 0.6) is 0 Å². The summed E-state index contributed by atoms with van der Waals surface area (Å²) in [5.41, 5.74) is 12.2. The molecule has 10 rings (SSSR count). The van der Waals surface area contributed by atoms with Crippen molar-refractivity contribution in [3.05, 3.63) is 212 Å². The van der Waals surface area contributed by atoms with Gasteiger partial charge in [0.2, 0.25) is 0 Å². The van der Waals surface area contributed by atoms with Crippen LogP contribution in [0.2, 0.25) is 0 Å². The zero-order chi connectivity index (χ0) is 35.8. The molecule has 9 aromatic carbocycles. The first-order valence-corrected chi connectivity index (χ1v) is 18.4. The number of anilines is 3. The molecule has 1 aromatic heterocycles. The monoisotopic (exact) mass is 689 g/mol. The van der Waals surface area contributed by atoms with Gasteiger partial charge in [-0.25, -0.2) is 4.98 Å². The van der Waals surface area contributed by atoms with Gasteiger partial charge in [-0.1, -0.05) is 140 Å². The molecule has 0 saturated carbocycles. The Balaban J connectivity index is 1.09. The summed E-state index contributed by atoms with van der Waals surface area (Å²) in [7, 11) is 0. The van der Waals surface area contributed by atoms with Crippen LogP contribution < -0.4 is 4.90 Å². The number of imidazole rings is 1. The molecule has 0 aliphatic rings. The predicted molar refractivity (Wildman–Crippen MR) is 227 cm³/mol. The molecule has 10 aromatic rings. The van der Waals surface area contributed by atoms with Crippen molar-refractivity contribution < 1.29 is 0 Å². The molecule has 0 atom stereocenters. The summed E-state index contributed by atoms with van der Waals surface area (Å²) in [4.78, 5) is 7.59. The van der Waals surface area contributed by atoms with E-state index < -0.39 is 0 Å². The lowest BCUT2D eigenvalue weighted by Gasteiger charge is -2.26. The Kier molecular flexibility index (Phi) is 7.81. The molecule has 0 amide bonds. The highest BCUT2D eigenvalue weighted by Gasteiger charge is 2.19. The lowest BCUT2D eigenvalue weighted by molar-refractivity contribution is 1.11. The minimum atomic E-state index is 0.913. The molecule has 0 aliphatic heterocycles. The van der Waals surface area contributed by atoms with Gasteiger partial charge >= 0.3 is 0 Å². The molecule has 254 valence electrons. The standard InChI is InChI=1S/C51H35N3/c1-3-12-36(13-4-1)42-17-11-20-47(35-42)53(45-29-24-38(25-30-45)43-23-22-37-14-7-8-16-41(37)34-43)46-31-26-40(27-32-46)51-52-49-33-28-39-15-9-10-21-48(39)50(49)54(51)44-18-5-2-6-19-44/h1-35H. The van der Waals surface area contributed by atoms with Crippen molar-refractivity contribution in [2.75, 3.05) is 4.90 Å². The van der Waals surface area contributed by atoms with Crippen LogP contribution in [0, 0.1) is 0 Å². The van der Waals surface area contributed by atoms with E-state index in [9.17, 15) is 0 Å². The molecule has 0 saturated heterocycles. The fraction of sp³-hybridized carbons (Fsp3) is 0. The molecule has 54 heavy (non-hydrogen) atoms. The number of rotatable bonds is 7. The normalized spacial score (nSPS) is 11.3. The summed E-state index contributed by atoms with van der Waals surface area (Å²) in [6.45, 7) is 0. The fourth-order valence-electron chi connectivity index (χ4n) is 7.69. The van der Waals surface area contributed by atoms with Gasteiger partial charge in [-0.15, -0.1) is 0 Å². The molecule has 0 N–H and O–H groups in total. The van der Waals surface area contributed by atoms with Crippen molar-refractivity contribution in [3.8, 4) is 39.3 Å². The van der Waals surface area contributed by atoms with Gasteiger partial charge in [0, 0.05) is 33.7 Å². The number of para-hydroxylation sites is 1. The molecule has 0 radical (unpaired) electrons. The second-order valence-corrected chi connectivity index (χ2v) is 13.7. The Labute approximate surface area is 314 Å². The van der Waals surface area contributed by atoms with Crippen molar-refractivity contribution in [2.24, 2.45) is 0 Å². The number of nitrogens with zero attached hydrogens (tertiary/aromatic N) is 3. The Morgan fingerprint density at radius 3 is 1.67 bits per heavy atom. The average Bonchev–Trinajstić information content (AvgIpc) is 3.65. The quantitative estimate of drug-likeness (QED) is 0.166. The lowest BCUT2D eigenvalue weighted by atomic mass is 10.0. The van der Waals surface area contributed by atoms with E-state index in [0.29, 0.717) is 0 Å². The maximum Gasteiger partial charge on any atom is 0.145 e. The first kappa shape index (κ1) is 31.5. The van der Waals surface area contributed by atoms with Crippen LogP contribution in [-0.4, -0.2) is 9.55 Å². The van der Waals surface area contributed by atoms with Crippen LogP contribution in [-0.2, 0) is 0 Å². The molecule has 0 aliphatic carbocycles. The number of aromatic nitrogens is 2. The van der Waals surface area contributed by atoms with Crippen LogP contribution >= 0.6 is 0 Å². The second kappa shape index (κ2) is 13.4. The minimum absolute atomic E-state index is 0.913. The van der Waals surface area contributed by atoms with Gasteiger partial charge in [0.15, 0.2) is 0 Å². The Hall–Kier alpha value is -7.23. The average molecular weight is 690 g/mol. The van der Waals surface area contributed by atoms with Crippen molar-refractivity contribution in [2.45, 2.75) is 0 Å². The van der Waals surface area contributed by atoms with Crippen LogP contribution in [0.15, 0.2) is 212 Å². The molecule has 1 heterocycles. The topological polar surface area (TPSA) is 21.1 Å². The zero-order valence-electron chi connectivity index (χ0n) is 29.5.